The van der Waals surface area contributed by atoms with Crippen molar-refractivity contribution in [2.24, 2.45) is 5.73 Å². The van der Waals surface area contributed by atoms with Gasteiger partial charge in [-0.2, -0.15) is 0 Å². The second kappa shape index (κ2) is 8.82. The molecule has 2 N–H and O–H groups in total. The van der Waals surface area contributed by atoms with Crippen molar-refractivity contribution >= 4 is 50.7 Å². The third kappa shape index (κ3) is 4.35. The summed E-state index contributed by atoms with van der Waals surface area (Å²) in [5.41, 5.74) is 5.31. The maximum absolute atomic E-state index is 11.2. The van der Waals surface area contributed by atoms with Crippen molar-refractivity contribution in [1.82, 2.24) is 14.8 Å². The van der Waals surface area contributed by atoms with Crippen LogP contribution in [0.4, 0.5) is 0 Å². The third-order valence-corrected chi connectivity index (χ3v) is 7.62. The van der Waals surface area contributed by atoms with Crippen molar-refractivity contribution in [3.63, 3.8) is 0 Å². The van der Waals surface area contributed by atoms with Gasteiger partial charge in [-0.15, -0.1) is 21.5 Å². The predicted molar refractivity (Wildman–Crippen MR) is 113 cm³/mol. The monoisotopic (exact) mass is 436 g/mol. The van der Waals surface area contributed by atoms with Gasteiger partial charge in [-0.05, 0) is 18.9 Å². The average molecular weight is 437 g/mol. The predicted octanol–water partition coefficient (Wildman–Crippen LogP) is 4.04. The Kier molecular flexibility index (Phi) is 6.20. The van der Waals surface area contributed by atoms with E-state index in [2.05, 4.69) is 20.8 Å². The molecule has 0 bridgehead atoms. The summed E-state index contributed by atoms with van der Waals surface area (Å²) in [6.07, 6.45) is 3.01. The minimum Gasteiger partial charge on any atom is -0.376 e. The molecular weight excluding hydrogens is 416 g/mol. The molecule has 148 valence electrons. The number of thioether (sulfide) groups is 1. The van der Waals surface area contributed by atoms with Gasteiger partial charge in [0.2, 0.25) is 5.91 Å². The first-order chi connectivity index (χ1) is 13.6. The highest BCUT2D eigenvalue weighted by Crippen LogP contribution is 2.38. The molecule has 2 aromatic heterocycles. The number of primary amides is 1. The van der Waals surface area contributed by atoms with E-state index >= 15 is 0 Å². The lowest BCUT2D eigenvalue weighted by atomic mass is 10.2. The fourth-order valence-electron chi connectivity index (χ4n) is 3.31. The molecule has 0 radical (unpaired) electrons. The molecule has 0 spiro atoms. The first kappa shape index (κ1) is 19.7. The summed E-state index contributed by atoms with van der Waals surface area (Å²) in [4.78, 5) is 12.3. The van der Waals surface area contributed by atoms with Crippen molar-refractivity contribution in [3.8, 4) is 0 Å². The van der Waals surface area contributed by atoms with Gasteiger partial charge in [0.05, 0.1) is 17.7 Å². The van der Waals surface area contributed by atoms with Crippen LogP contribution in [-0.2, 0) is 28.2 Å². The molecule has 9 heteroatoms. The maximum atomic E-state index is 11.2. The van der Waals surface area contributed by atoms with Gasteiger partial charge in [-0.25, -0.2) is 0 Å². The number of rotatable bonds is 8. The second-order valence-electron chi connectivity index (χ2n) is 6.73. The van der Waals surface area contributed by atoms with E-state index in [1.807, 2.05) is 18.2 Å². The van der Waals surface area contributed by atoms with Crippen molar-refractivity contribution in [3.05, 3.63) is 40.0 Å². The van der Waals surface area contributed by atoms with Crippen LogP contribution >= 0.6 is 34.7 Å². The Morgan fingerprint density at radius 2 is 2.25 bits per heavy atom. The fourth-order valence-corrected chi connectivity index (χ4v) is 5.93. The summed E-state index contributed by atoms with van der Waals surface area (Å²) in [5.74, 6) is 1.16. The van der Waals surface area contributed by atoms with E-state index in [1.165, 1.54) is 4.70 Å². The number of benzene rings is 1. The summed E-state index contributed by atoms with van der Waals surface area (Å²) in [6, 6.07) is 8.16. The molecule has 1 aliphatic heterocycles. The lowest BCUT2D eigenvalue weighted by molar-refractivity contribution is -0.118. The molecule has 1 unspecified atom stereocenters. The van der Waals surface area contributed by atoms with Crippen LogP contribution in [0.3, 0.4) is 0 Å². The van der Waals surface area contributed by atoms with Gasteiger partial charge < -0.3 is 15.0 Å². The summed E-state index contributed by atoms with van der Waals surface area (Å²) in [5, 5.41) is 11.4. The van der Waals surface area contributed by atoms with E-state index < -0.39 is 0 Å². The van der Waals surface area contributed by atoms with Crippen LogP contribution in [0.1, 0.15) is 30.0 Å². The summed E-state index contributed by atoms with van der Waals surface area (Å²) < 4.78 is 9.05. The number of ether oxygens (including phenoxy) is 1. The SMILES string of the molecule is NC(=O)CCc1nnc(SCc2sc3ccccc3c2Cl)n1CC1CCCO1. The maximum Gasteiger partial charge on any atom is 0.217 e. The van der Waals surface area contributed by atoms with Crippen LogP contribution in [0.25, 0.3) is 10.1 Å². The molecule has 1 amide bonds. The zero-order valence-corrected chi connectivity index (χ0v) is 17.7. The molecule has 6 nitrogen and oxygen atoms in total. The largest absolute Gasteiger partial charge is 0.376 e. The smallest absolute Gasteiger partial charge is 0.217 e. The zero-order chi connectivity index (χ0) is 19.5. The normalized spacial score (nSPS) is 16.8. The van der Waals surface area contributed by atoms with Crippen molar-refractivity contribution < 1.29 is 9.53 Å². The van der Waals surface area contributed by atoms with Crippen LogP contribution in [0.5, 0.6) is 0 Å². The number of carbonyl (C=O) groups excluding carboxylic acids is 1. The Hall–Kier alpha value is -1.61. The second-order valence-corrected chi connectivity index (χ2v) is 9.19. The van der Waals surface area contributed by atoms with Crippen molar-refractivity contribution in [1.29, 1.82) is 0 Å². The van der Waals surface area contributed by atoms with E-state index in [0.29, 0.717) is 13.0 Å². The Labute approximate surface area is 176 Å². The molecule has 3 heterocycles. The number of aromatic nitrogens is 3. The van der Waals surface area contributed by atoms with Crippen LogP contribution in [0.15, 0.2) is 29.4 Å². The summed E-state index contributed by atoms with van der Waals surface area (Å²) in [7, 11) is 0. The molecular formula is C19H21ClN4O2S2. The Morgan fingerprint density at radius 3 is 3.00 bits per heavy atom. The van der Waals surface area contributed by atoms with Gasteiger partial charge in [0.1, 0.15) is 5.82 Å². The topological polar surface area (TPSA) is 83.0 Å². The molecule has 1 aliphatic rings. The number of thiophene rings is 1. The Morgan fingerprint density at radius 1 is 1.39 bits per heavy atom. The number of hydrogen-bond donors (Lipinski definition) is 1. The van der Waals surface area contributed by atoms with E-state index in [0.717, 1.165) is 51.5 Å². The highest BCUT2D eigenvalue weighted by atomic mass is 35.5. The highest BCUT2D eigenvalue weighted by Gasteiger charge is 2.22. The van der Waals surface area contributed by atoms with E-state index in [4.69, 9.17) is 22.1 Å². The Bertz CT molecular complexity index is 982. The minimum atomic E-state index is -0.335. The number of carbonyl (C=O) groups is 1. The molecule has 0 saturated carbocycles. The van der Waals surface area contributed by atoms with Gasteiger partial charge in [-0.1, -0.05) is 41.6 Å². The number of nitrogens with two attached hydrogens (primary N) is 1. The van der Waals surface area contributed by atoms with Gasteiger partial charge in [0.25, 0.3) is 0 Å². The number of nitrogens with zero attached hydrogens (tertiary/aromatic N) is 3. The number of amides is 1. The van der Waals surface area contributed by atoms with Crippen LogP contribution in [-0.4, -0.2) is 33.4 Å². The Balaban J connectivity index is 1.53. The molecule has 28 heavy (non-hydrogen) atoms. The number of halogens is 1. The van der Waals surface area contributed by atoms with Crippen molar-refractivity contribution in [2.45, 2.75) is 49.2 Å². The van der Waals surface area contributed by atoms with E-state index in [-0.39, 0.29) is 18.4 Å². The molecule has 1 atom stereocenters. The summed E-state index contributed by atoms with van der Waals surface area (Å²) in [6.45, 7) is 1.49. The molecule has 1 aromatic carbocycles. The average Bonchev–Trinajstić information content (AvgIpc) is 3.40. The fraction of sp³-hybridized carbons (Fsp3) is 0.421. The molecule has 1 fully saturated rings. The molecule has 3 aromatic rings. The van der Waals surface area contributed by atoms with Gasteiger partial charge in [-0.3, -0.25) is 4.79 Å². The van der Waals surface area contributed by atoms with Gasteiger partial charge >= 0.3 is 0 Å². The molecule has 0 aliphatic carbocycles. The van der Waals surface area contributed by atoms with Crippen LogP contribution in [0.2, 0.25) is 5.02 Å². The molecule has 4 rings (SSSR count). The quantitative estimate of drug-likeness (QED) is 0.539. The zero-order valence-electron chi connectivity index (χ0n) is 15.3. The van der Waals surface area contributed by atoms with Crippen LogP contribution < -0.4 is 5.73 Å². The molecule has 1 saturated heterocycles. The first-order valence-electron chi connectivity index (χ1n) is 9.22. The van der Waals surface area contributed by atoms with E-state index in [1.54, 1.807) is 23.1 Å². The minimum absolute atomic E-state index is 0.163. The third-order valence-electron chi connectivity index (χ3n) is 4.73. The first-order valence-corrected chi connectivity index (χ1v) is 11.4. The lowest BCUT2D eigenvalue weighted by Gasteiger charge is -2.14. The van der Waals surface area contributed by atoms with Gasteiger partial charge in [0, 0.05) is 40.2 Å². The van der Waals surface area contributed by atoms with Crippen molar-refractivity contribution in [2.75, 3.05) is 6.61 Å². The lowest BCUT2D eigenvalue weighted by Crippen LogP contribution is -2.19. The number of fused-ring (bicyclic) bond motifs is 1. The van der Waals surface area contributed by atoms with E-state index in [9.17, 15) is 4.79 Å². The highest BCUT2D eigenvalue weighted by molar-refractivity contribution is 7.98. The van der Waals surface area contributed by atoms with Gasteiger partial charge in [0.15, 0.2) is 5.16 Å². The number of hydrogen-bond acceptors (Lipinski definition) is 6. The standard InChI is InChI=1S/C19H21ClN4O2S2/c20-18-13-5-1-2-6-14(13)28-15(18)11-27-19-23-22-17(8-7-16(21)25)24(19)10-12-4-3-9-26-12/h1-2,5-6,12H,3-4,7-11H2,(H2,21,25). The summed E-state index contributed by atoms with van der Waals surface area (Å²) >= 11 is 9.89. The number of aryl methyl sites for hydroxylation is 1. The van der Waals surface area contributed by atoms with Crippen LogP contribution in [0, 0.1) is 0 Å².